The summed E-state index contributed by atoms with van der Waals surface area (Å²) in [4.78, 5) is 2.56. The van der Waals surface area contributed by atoms with Gasteiger partial charge >= 0.3 is 0 Å². The molecule has 1 N–H and O–H groups in total. The number of nitrogens with zero attached hydrogens (tertiary/aromatic N) is 1. The van der Waals surface area contributed by atoms with Gasteiger partial charge in [-0.3, -0.25) is 4.90 Å². The number of halogens is 2. The van der Waals surface area contributed by atoms with Crippen LogP contribution in [0, 0.1) is 5.82 Å². The Kier molecular flexibility index (Phi) is 5.81. The Morgan fingerprint density at radius 2 is 2.00 bits per heavy atom. The third kappa shape index (κ3) is 4.05. The molecule has 0 saturated carbocycles. The van der Waals surface area contributed by atoms with E-state index >= 15 is 0 Å². The summed E-state index contributed by atoms with van der Waals surface area (Å²) in [6.07, 6.45) is 3.40. The molecule has 4 heteroatoms. The van der Waals surface area contributed by atoms with Crippen LogP contribution in [0.1, 0.15) is 39.2 Å². The Labute approximate surface area is 136 Å². The number of likely N-dealkylation sites (tertiary alicyclic amines) is 1. The molecule has 0 aromatic heterocycles. The van der Waals surface area contributed by atoms with E-state index in [1.54, 1.807) is 12.1 Å². The van der Waals surface area contributed by atoms with Gasteiger partial charge < -0.3 is 5.32 Å². The second-order valence-corrected chi connectivity index (χ2v) is 7.25. The van der Waals surface area contributed by atoms with Gasteiger partial charge in [0.1, 0.15) is 5.82 Å². The lowest BCUT2D eigenvalue weighted by molar-refractivity contribution is 0.107. The smallest absolute Gasteiger partial charge is 0.123 e. The van der Waals surface area contributed by atoms with Crippen LogP contribution >= 0.6 is 15.9 Å². The molecule has 1 aromatic rings. The summed E-state index contributed by atoms with van der Waals surface area (Å²) in [6, 6.07) is 5.26. The molecule has 1 aromatic carbocycles. The van der Waals surface area contributed by atoms with E-state index in [4.69, 9.17) is 0 Å². The Bertz CT molecular complexity index is 470. The Morgan fingerprint density at radius 1 is 1.33 bits per heavy atom. The molecule has 1 aliphatic rings. The quantitative estimate of drug-likeness (QED) is 0.828. The maximum atomic E-state index is 13.5. The molecule has 0 aliphatic carbocycles. The number of nitrogens with one attached hydrogen (secondary N) is 1. The van der Waals surface area contributed by atoms with E-state index in [1.807, 2.05) is 0 Å². The Balaban J connectivity index is 2.19. The highest BCUT2D eigenvalue weighted by molar-refractivity contribution is 9.10. The molecule has 1 unspecified atom stereocenters. The van der Waals surface area contributed by atoms with Crippen molar-refractivity contribution in [2.24, 2.45) is 0 Å². The van der Waals surface area contributed by atoms with Crippen molar-refractivity contribution >= 4 is 15.9 Å². The molecule has 0 amide bonds. The van der Waals surface area contributed by atoms with Crippen LogP contribution in [0.5, 0.6) is 0 Å². The van der Waals surface area contributed by atoms with Crippen molar-refractivity contribution in [3.8, 4) is 0 Å². The minimum Gasteiger partial charge on any atom is -0.312 e. The lowest BCUT2D eigenvalue weighted by atomic mass is 9.87. The molecular formula is C17H26BrFN2. The van der Waals surface area contributed by atoms with E-state index in [0.717, 1.165) is 23.0 Å². The van der Waals surface area contributed by atoms with Crippen molar-refractivity contribution < 1.29 is 4.39 Å². The molecule has 1 saturated heterocycles. The van der Waals surface area contributed by atoms with Crippen LogP contribution in [0.15, 0.2) is 22.7 Å². The van der Waals surface area contributed by atoms with Crippen molar-refractivity contribution in [2.45, 2.75) is 51.6 Å². The van der Waals surface area contributed by atoms with E-state index in [2.05, 4.69) is 46.9 Å². The molecule has 2 rings (SSSR count). The first kappa shape index (κ1) is 16.9. The number of hydrogen-bond donors (Lipinski definition) is 1. The molecule has 118 valence electrons. The molecule has 21 heavy (non-hydrogen) atoms. The minimum atomic E-state index is -0.164. The van der Waals surface area contributed by atoms with Gasteiger partial charge in [0.2, 0.25) is 0 Å². The second-order valence-electron chi connectivity index (χ2n) is 6.40. The van der Waals surface area contributed by atoms with Crippen LogP contribution in [0.2, 0.25) is 0 Å². The highest BCUT2D eigenvalue weighted by Crippen LogP contribution is 2.28. The first-order valence-corrected chi connectivity index (χ1v) is 8.66. The zero-order valence-electron chi connectivity index (χ0n) is 13.3. The summed E-state index contributed by atoms with van der Waals surface area (Å²) in [5.41, 5.74) is 1.10. The summed E-state index contributed by atoms with van der Waals surface area (Å²) < 4.78 is 14.5. The second kappa shape index (κ2) is 7.21. The SMILES string of the molecule is CCNC(Cc1cc(F)ccc1Br)C(C)(C)N1CCCC1. The molecule has 1 aliphatic heterocycles. The molecule has 1 atom stereocenters. The van der Waals surface area contributed by atoms with Gasteiger partial charge in [0.15, 0.2) is 0 Å². The number of benzene rings is 1. The Morgan fingerprint density at radius 3 is 2.62 bits per heavy atom. The normalized spacial score (nSPS) is 18.1. The van der Waals surface area contributed by atoms with Crippen LogP contribution in [0.3, 0.4) is 0 Å². The van der Waals surface area contributed by atoms with Gasteiger partial charge in [-0.1, -0.05) is 22.9 Å². The number of rotatable bonds is 6. The lowest BCUT2D eigenvalue weighted by Gasteiger charge is -2.43. The average molecular weight is 357 g/mol. The van der Waals surface area contributed by atoms with Gasteiger partial charge in [-0.2, -0.15) is 0 Å². The minimum absolute atomic E-state index is 0.0677. The third-order valence-corrected chi connectivity index (χ3v) is 5.43. The van der Waals surface area contributed by atoms with Crippen molar-refractivity contribution in [1.82, 2.24) is 10.2 Å². The fourth-order valence-electron chi connectivity index (χ4n) is 3.25. The van der Waals surface area contributed by atoms with E-state index in [-0.39, 0.29) is 11.4 Å². The summed E-state index contributed by atoms with van der Waals surface area (Å²) in [5, 5.41) is 3.61. The third-order valence-electron chi connectivity index (χ3n) is 4.66. The number of likely N-dealkylation sites (N-methyl/N-ethyl adjacent to an activating group) is 1. The van der Waals surface area contributed by atoms with Gasteiger partial charge in [0.05, 0.1) is 0 Å². The highest BCUT2D eigenvalue weighted by Gasteiger charge is 2.36. The van der Waals surface area contributed by atoms with Crippen LogP contribution in [-0.2, 0) is 6.42 Å². The fourth-order valence-corrected chi connectivity index (χ4v) is 3.66. The topological polar surface area (TPSA) is 15.3 Å². The molecule has 1 heterocycles. The van der Waals surface area contributed by atoms with Gasteiger partial charge in [0, 0.05) is 16.1 Å². The van der Waals surface area contributed by atoms with Crippen molar-refractivity contribution in [2.75, 3.05) is 19.6 Å². The molecule has 0 radical (unpaired) electrons. The monoisotopic (exact) mass is 356 g/mol. The summed E-state index contributed by atoms with van der Waals surface area (Å²) >= 11 is 3.55. The van der Waals surface area contributed by atoms with Crippen molar-refractivity contribution in [3.63, 3.8) is 0 Å². The van der Waals surface area contributed by atoms with Crippen LogP contribution in [0.25, 0.3) is 0 Å². The molecular weight excluding hydrogens is 331 g/mol. The lowest BCUT2D eigenvalue weighted by Crippen LogP contribution is -2.57. The van der Waals surface area contributed by atoms with Gasteiger partial charge in [-0.05, 0) is 76.5 Å². The van der Waals surface area contributed by atoms with E-state index in [1.165, 1.54) is 32.0 Å². The number of hydrogen-bond acceptors (Lipinski definition) is 2. The first-order valence-electron chi connectivity index (χ1n) is 7.87. The molecule has 0 bridgehead atoms. The summed E-state index contributed by atoms with van der Waals surface area (Å²) in [7, 11) is 0. The van der Waals surface area contributed by atoms with Crippen molar-refractivity contribution in [3.05, 3.63) is 34.1 Å². The molecule has 1 fully saturated rings. The van der Waals surface area contributed by atoms with Crippen LogP contribution < -0.4 is 5.32 Å². The molecule has 0 spiro atoms. The summed E-state index contributed by atoms with van der Waals surface area (Å²) in [5.74, 6) is -0.164. The highest BCUT2D eigenvalue weighted by atomic mass is 79.9. The Hall–Kier alpha value is -0.450. The fraction of sp³-hybridized carbons (Fsp3) is 0.647. The zero-order valence-corrected chi connectivity index (χ0v) is 14.8. The van der Waals surface area contributed by atoms with Crippen molar-refractivity contribution in [1.29, 1.82) is 0 Å². The van der Waals surface area contributed by atoms with Gasteiger partial charge in [-0.15, -0.1) is 0 Å². The predicted molar refractivity (Wildman–Crippen MR) is 90.2 cm³/mol. The summed E-state index contributed by atoms with van der Waals surface area (Å²) in [6.45, 7) is 10.00. The predicted octanol–water partition coefficient (Wildman–Crippen LogP) is 3.98. The van der Waals surface area contributed by atoms with Crippen LogP contribution in [0.4, 0.5) is 4.39 Å². The van der Waals surface area contributed by atoms with E-state index < -0.39 is 0 Å². The van der Waals surface area contributed by atoms with Gasteiger partial charge in [0.25, 0.3) is 0 Å². The molecule has 2 nitrogen and oxygen atoms in total. The van der Waals surface area contributed by atoms with E-state index in [0.29, 0.717) is 6.04 Å². The maximum Gasteiger partial charge on any atom is 0.123 e. The van der Waals surface area contributed by atoms with Crippen LogP contribution in [-0.4, -0.2) is 36.1 Å². The largest absolute Gasteiger partial charge is 0.312 e. The van der Waals surface area contributed by atoms with Gasteiger partial charge in [-0.25, -0.2) is 4.39 Å². The van der Waals surface area contributed by atoms with E-state index in [9.17, 15) is 4.39 Å². The average Bonchev–Trinajstić information content (AvgIpc) is 2.97. The maximum absolute atomic E-state index is 13.5. The standard InChI is InChI=1S/C17H26BrFN2/c1-4-20-16(17(2,3)21-9-5-6-10-21)12-13-11-14(19)7-8-15(13)18/h7-8,11,16,20H,4-6,9-10,12H2,1-3H3. The first-order chi connectivity index (χ1) is 9.95. The zero-order chi connectivity index (χ0) is 15.5.